The average molecular weight is 473 g/mol. The molecule has 1 N–H and O–H groups in total. The quantitative estimate of drug-likeness (QED) is 0.211. The van der Waals surface area contributed by atoms with Crippen molar-refractivity contribution in [2.24, 2.45) is 5.10 Å². The second kappa shape index (κ2) is 9.58. The van der Waals surface area contributed by atoms with Gasteiger partial charge < -0.3 is 14.6 Å². The number of nitro groups is 1. The maximum atomic E-state index is 12.7. The number of non-ortho nitro benzene ring substituents is 1. The van der Waals surface area contributed by atoms with Crippen LogP contribution in [0.4, 0.5) is 5.69 Å². The summed E-state index contributed by atoms with van der Waals surface area (Å²) in [6, 6.07) is 8.78. The van der Waals surface area contributed by atoms with Crippen molar-refractivity contribution < 1.29 is 29.1 Å². The Bertz CT molecular complexity index is 1190. The molecule has 32 heavy (non-hydrogen) atoms. The first-order valence-corrected chi connectivity index (χ1v) is 10.0. The van der Waals surface area contributed by atoms with Crippen LogP contribution in [0.15, 0.2) is 46.4 Å². The van der Waals surface area contributed by atoms with Gasteiger partial charge in [0.05, 0.1) is 30.3 Å². The number of methoxy groups -OCH3 is 2. The number of carbonyl (C=O) groups is 2. The third-order valence-corrected chi connectivity index (χ3v) is 5.54. The lowest BCUT2D eigenvalue weighted by Gasteiger charge is -2.13. The van der Waals surface area contributed by atoms with E-state index >= 15 is 0 Å². The topological polar surface area (TPSA) is 132 Å². The molecule has 1 heterocycles. The molecule has 0 spiro atoms. The van der Waals surface area contributed by atoms with Crippen LogP contribution in [-0.2, 0) is 4.79 Å². The first kappa shape index (κ1) is 22.9. The Kier molecular flexibility index (Phi) is 6.85. The monoisotopic (exact) mass is 473 g/mol. The molecule has 10 nitrogen and oxygen atoms in total. The van der Waals surface area contributed by atoms with Crippen molar-refractivity contribution in [3.63, 3.8) is 0 Å². The summed E-state index contributed by atoms with van der Waals surface area (Å²) in [7, 11) is 2.69. The van der Waals surface area contributed by atoms with E-state index in [9.17, 15) is 24.8 Å². The number of benzene rings is 2. The smallest absolute Gasteiger partial charge is 0.340 e. The largest absolute Gasteiger partial charge is 0.493 e. The summed E-state index contributed by atoms with van der Waals surface area (Å²) in [4.78, 5) is 35.1. The van der Waals surface area contributed by atoms with E-state index in [4.69, 9.17) is 21.7 Å². The highest BCUT2D eigenvalue weighted by Gasteiger charge is 2.32. The van der Waals surface area contributed by atoms with Crippen LogP contribution in [0.1, 0.15) is 21.5 Å². The first-order chi connectivity index (χ1) is 15.3. The van der Waals surface area contributed by atoms with E-state index in [0.717, 1.165) is 16.8 Å². The lowest BCUT2D eigenvalue weighted by atomic mass is 10.1. The zero-order valence-corrected chi connectivity index (χ0v) is 18.3. The van der Waals surface area contributed by atoms with E-state index in [1.807, 2.05) is 0 Å². The number of carboxylic acid groups (broad SMARTS) is 1. The van der Waals surface area contributed by atoms with Gasteiger partial charge in [0, 0.05) is 17.7 Å². The van der Waals surface area contributed by atoms with E-state index < -0.39 is 16.8 Å². The highest BCUT2D eigenvalue weighted by Crippen LogP contribution is 2.35. The molecule has 1 saturated heterocycles. The molecule has 0 bridgehead atoms. The fourth-order valence-electron chi connectivity index (χ4n) is 2.83. The first-order valence-electron chi connectivity index (χ1n) is 8.81. The Morgan fingerprint density at radius 1 is 1.28 bits per heavy atom. The summed E-state index contributed by atoms with van der Waals surface area (Å²) in [5.74, 6) is -1.56. The van der Waals surface area contributed by atoms with Crippen LogP contribution in [0, 0.1) is 10.1 Å². The third kappa shape index (κ3) is 4.60. The van der Waals surface area contributed by atoms with Gasteiger partial charge >= 0.3 is 5.97 Å². The second-order valence-electron chi connectivity index (χ2n) is 6.16. The van der Waals surface area contributed by atoms with Crippen molar-refractivity contribution >= 4 is 58.2 Å². The van der Waals surface area contributed by atoms with Crippen LogP contribution in [0.3, 0.4) is 0 Å². The lowest BCUT2D eigenvalue weighted by Crippen LogP contribution is -2.22. The molecule has 1 amide bonds. The molecule has 0 aliphatic carbocycles. The number of nitro benzene ring substituents is 1. The minimum absolute atomic E-state index is 0.0138. The SMILES string of the molecule is COc1ccc(/C=N/N2C(=O)/C(=C\c3cccc([N+](=O)[O-])c3)SC2=S)c(C(=O)O)c1OC. The molecule has 3 rings (SSSR count). The van der Waals surface area contributed by atoms with E-state index in [0.29, 0.717) is 5.56 Å². The van der Waals surface area contributed by atoms with Crippen LogP contribution in [-0.4, -0.2) is 51.7 Å². The van der Waals surface area contributed by atoms with Crippen LogP contribution in [0.5, 0.6) is 11.5 Å². The van der Waals surface area contributed by atoms with Gasteiger partial charge in [-0.2, -0.15) is 10.1 Å². The second-order valence-corrected chi connectivity index (χ2v) is 7.84. The predicted octanol–water partition coefficient (Wildman–Crippen LogP) is 3.55. The van der Waals surface area contributed by atoms with Gasteiger partial charge in [-0.05, 0) is 36.0 Å². The number of ether oxygens (including phenoxy) is 2. The zero-order chi connectivity index (χ0) is 23.4. The molecule has 0 radical (unpaired) electrons. The van der Waals surface area contributed by atoms with Gasteiger partial charge in [-0.1, -0.05) is 23.9 Å². The molecule has 0 atom stereocenters. The van der Waals surface area contributed by atoms with Crippen molar-refractivity contribution in [2.75, 3.05) is 14.2 Å². The molecule has 12 heteroatoms. The highest BCUT2D eigenvalue weighted by atomic mass is 32.2. The number of nitrogens with zero attached hydrogens (tertiary/aromatic N) is 3. The van der Waals surface area contributed by atoms with Gasteiger partial charge in [-0.25, -0.2) is 4.79 Å². The van der Waals surface area contributed by atoms with E-state index in [1.165, 1.54) is 56.8 Å². The van der Waals surface area contributed by atoms with Crippen molar-refractivity contribution in [3.8, 4) is 11.5 Å². The van der Waals surface area contributed by atoms with Crippen molar-refractivity contribution in [1.82, 2.24) is 5.01 Å². The minimum atomic E-state index is -1.27. The Hall–Kier alpha value is -3.77. The van der Waals surface area contributed by atoms with Crippen molar-refractivity contribution in [3.05, 3.63) is 68.1 Å². The number of hydrogen-bond donors (Lipinski definition) is 1. The van der Waals surface area contributed by atoms with E-state index in [-0.39, 0.29) is 37.5 Å². The molecule has 164 valence electrons. The van der Waals surface area contributed by atoms with Crippen LogP contribution in [0.2, 0.25) is 0 Å². The standard InChI is InChI=1S/C20H15N3O7S2/c1-29-14-7-6-12(16(19(25)26)17(14)30-2)10-21-22-18(24)15(32-20(22)31)9-11-4-3-5-13(8-11)23(27)28/h3-10H,1-2H3,(H,25,26)/b15-9+,21-10+. The van der Waals surface area contributed by atoms with Gasteiger partial charge in [0.15, 0.2) is 15.8 Å². The number of carboxylic acids is 1. The number of hydrogen-bond acceptors (Lipinski definition) is 9. The summed E-state index contributed by atoms with van der Waals surface area (Å²) < 4.78 is 10.4. The van der Waals surface area contributed by atoms with Gasteiger partial charge in [-0.15, -0.1) is 0 Å². The number of aromatic carboxylic acids is 1. The van der Waals surface area contributed by atoms with Gasteiger partial charge in [0.2, 0.25) is 0 Å². The number of hydrazone groups is 1. The molecule has 0 saturated carbocycles. The maximum absolute atomic E-state index is 12.7. The fraction of sp³-hybridized carbons (Fsp3) is 0.100. The minimum Gasteiger partial charge on any atom is -0.493 e. The Labute approximate surface area is 191 Å². The number of thiocarbonyl (C=S) groups is 1. The summed E-state index contributed by atoms with van der Waals surface area (Å²) in [5, 5.41) is 25.5. The molecule has 0 unspecified atom stereocenters. The normalized spacial score (nSPS) is 14.9. The zero-order valence-electron chi connectivity index (χ0n) is 16.7. The highest BCUT2D eigenvalue weighted by molar-refractivity contribution is 8.26. The van der Waals surface area contributed by atoms with Gasteiger partial charge in [-0.3, -0.25) is 14.9 Å². The average Bonchev–Trinajstić information content (AvgIpc) is 3.03. The summed E-state index contributed by atoms with van der Waals surface area (Å²) in [5.41, 5.74) is 0.332. The molecular weight excluding hydrogens is 458 g/mol. The molecule has 0 aromatic heterocycles. The van der Waals surface area contributed by atoms with E-state index in [2.05, 4.69) is 5.10 Å². The molecule has 1 fully saturated rings. The fourth-order valence-corrected chi connectivity index (χ4v) is 4.00. The summed E-state index contributed by atoms with van der Waals surface area (Å²) >= 11 is 6.18. The molecule has 1 aliphatic heterocycles. The summed E-state index contributed by atoms with van der Waals surface area (Å²) in [6.07, 6.45) is 2.66. The van der Waals surface area contributed by atoms with Gasteiger partial charge in [0.25, 0.3) is 11.6 Å². The number of carbonyl (C=O) groups excluding carboxylic acids is 1. The van der Waals surface area contributed by atoms with E-state index in [1.54, 1.807) is 6.07 Å². The van der Waals surface area contributed by atoms with Crippen LogP contribution >= 0.6 is 24.0 Å². The van der Waals surface area contributed by atoms with Crippen molar-refractivity contribution in [1.29, 1.82) is 0 Å². The molecule has 1 aliphatic rings. The lowest BCUT2D eigenvalue weighted by molar-refractivity contribution is -0.384. The van der Waals surface area contributed by atoms with Crippen molar-refractivity contribution in [2.45, 2.75) is 0 Å². The molecule has 2 aromatic rings. The third-order valence-electron chi connectivity index (χ3n) is 4.26. The Morgan fingerprint density at radius 3 is 2.66 bits per heavy atom. The predicted molar refractivity (Wildman–Crippen MR) is 122 cm³/mol. The maximum Gasteiger partial charge on any atom is 0.340 e. The Balaban J connectivity index is 1.92. The van der Waals surface area contributed by atoms with Crippen LogP contribution < -0.4 is 9.47 Å². The van der Waals surface area contributed by atoms with Gasteiger partial charge in [0.1, 0.15) is 5.56 Å². The van der Waals surface area contributed by atoms with Crippen LogP contribution in [0.25, 0.3) is 6.08 Å². The molecular formula is C20H15N3O7S2. The Morgan fingerprint density at radius 2 is 2.03 bits per heavy atom. The molecule has 2 aromatic carbocycles. The number of rotatable bonds is 7. The number of amides is 1. The summed E-state index contributed by atoms with van der Waals surface area (Å²) in [6.45, 7) is 0. The number of thioether (sulfide) groups is 1.